The lowest BCUT2D eigenvalue weighted by atomic mass is 9.87. The Labute approximate surface area is 103 Å². The van der Waals surface area contributed by atoms with Crippen molar-refractivity contribution in [2.24, 2.45) is 5.92 Å². The molecular weight excluding hydrogens is 216 g/mol. The maximum atomic E-state index is 3.61. The van der Waals surface area contributed by atoms with Crippen molar-refractivity contribution in [1.29, 1.82) is 0 Å². The highest BCUT2D eigenvalue weighted by Gasteiger charge is 2.31. The van der Waals surface area contributed by atoms with Gasteiger partial charge in [0, 0.05) is 29.7 Å². The van der Waals surface area contributed by atoms with Crippen LogP contribution in [0.2, 0.25) is 0 Å². The summed E-state index contributed by atoms with van der Waals surface area (Å²) in [4.78, 5) is 2.55. The van der Waals surface area contributed by atoms with E-state index in [2.05, 4.69) is 47.8 Å². The fraction of sp³-hybridized carbons (Fsp3) is 0.692. The molecule has 16 heavy (non-hydrogen) atoms. The largest absolute Gasteiger partial charge is 0.368 e. The van der Waals surface area contributed by atoms with Gasteiger partial charge in [0.1, 0.15) is 0 Å². The van der Waals surface area contributed by atoms with Gasteiger partial charge in [-0.25, -0.2) is 0 Å². The predicted octanol–water partition coefficient (Wildman–Crippen LogP) is 2.96. The molecule has 0 aliphatic carbocycles. The molecule has 2 nitrogen and oxygen atoms in total. The minimum atomic E-state index is 0.632. The number of hydrogen-bond acceptors (Lipinski definition) is 3. The lowest BCUT2D eigenvalue weighted by molar-refractivity contribution is 0.274. The first kappa shape index (κ1) is 11.9. The summed E-state index contributed by atoms with van der Waals surface area (Å²) < 4.78 is 0. The lowest BCUT2D eigenvalue weighted by Crippen LogP contribution is -2.53. The summed E-state index contributed by atoms with van der Waals surface area (Å²) in [5.41, 5.74) is 1.40. The second-order valence-electron chi connectivity index (χ2n) is 4.73. The van der Waals surface area contributed by atoms with Crippen molar-refractivity contribution < 1.29 is 0 Å². The first-order chi connectivity index (χ1) is 7.74. The van der Waals surface area contributed by atoms with E-state index in [1.54, 1.807) is 11.3 Å². The van der Waals surface area contributed by atoms with Crippen LogP contribution in [0.25, 0.3) is 0 Å². The summed E-state index contributed by atoms with van der Waals surface area (Å²) in [7, 11) is 0. The molecule has 1 N–H and O–H groups in total. The summed E-state index contributed by atoms with van der Waals surface area (Å²) in [6.07, 6.45) is 1.26. The fourth-order valence-electron chi connectivity index (χ4n) is 2.70. The summed E-state index contributed by atoms with van der Waals surface area (Å²) in [5.74, 6) is 0.716. The van der Waals surface area contributed by atoms with Crippen LogP contribution >= 0.6 is 11.3 Å². The second kappa shape index (κ2) is 5.19. The van der Waals surface area contributed by atoms with E-state index in [-0.39, 0.29) is 0 Å². The second-order valence-corrected chi connectivity index (χ2v) is 5.51. The molecule has 1 aromatic rings. The molecule has 90 valence electrons. The molecule has 0 spiro atoms. The number of nitrogens with one attached hydrogen (secondary N) is 1. The van der Waals surface area contributed by atoms with Gasteiger partial charge in [0.05, 0.1) is 0 Å². The number of piperidine rings is 1. The van der Waals surface area contributed by atoms with Crippen molar-refractivity contribution in [3.05, 3.63) is 16.8 Å². The molecule has 0 radical (unpaired) electrons. The van der Waals surface area contributed by atoms with E-state index in [4.69, 9.17) is 0 Å². The molecule has 3 atom stereocenters. The van der Waals surface area contributed by atoms with Gasteiger partial charge in [0.25, 0.3) is 0 Å². The van der Waals surface area contributed by atoms with E-state index >= 15 is 0 Å². The van der Waals surface area contributed by atoms with Crippen molar-refractivity contribution in [1.82, 2.24) is 5.32 Å². The zero-order valence-electron chi connectivity index (χ0n) is 10.4. The standard InChI is InChI=1S/C13H22N2S/c1-4-14-13-5-7-15(11(3)10(13)2)12-6-8-16-9-12/h6,8-11,13-14H,4-5,7H2,1-3H3. The Kier molecular flexibility index (Phi) is 3.87. The first-order valence-electron chi connectivity index (χ1n) is 6.26. The van der Waals surface area contributed by atoms with E-state index in [0.29, 0.717) is 18.0 Å². The van der Waals surface area contributed by atoms with E-state index in [1.165, 1.54) is 18.7 Å². The maximum absolute atomic E-state index is 3.61. The number of thiophene rings is 1. The van der Waals surface area contributed by atoms with Crippen LogP contribution in [0.1, 0.15) is 27.2 Å². The third-order valence-electron chi connectivity index (χ3n) is 3.87. The normalized spacial score (nSPS) is 30.7. The molecule has 1 fully saturated rings. The highest BCUT2D eigenvalue weighted by atomic mass is 32.1. The van der Waals surface area contributed by atoms with Crippen molar-refractivity contribution in [2.45, 2.75) is 39.3 Å². The highest BCUT2D eigenvalue weighted by Crippen LogP contribution is 2.29. The molecule has 1 aromatic heterocycles. The Balaban J connectivity index is 2.05. The average molecular weight is 238 g/mol. The molecule has 0 saturated carbocycles. The highest BCUT2D eigenvalue weighted by molar-refractivity contribution is 7.08. The Morgan fingerprint density at radius 3 is 2.94 bits per heavy atom. The molecule has 0 aromatic carbocycles. The molecule has 3 heteroatoms. The zero-order chi connectivity index (χ0) is 11.5. The van der Waals surface area contributed by atoms with Crippen LogP contribution in [0, 0.1) is 5.92 Å². The molecule has 2 heterocycles. The average Bonchev–Trinajstić information content (AvgIpc) is 2.79. The van der Waals surface area contributed by atoms with E-state index in [9.17, 15) is 0 Å². The van der Waals surface area contributed by atoms with Crippen LogP contribution in [0.3, 0.4) is 0 Å². The first-order valence-corrected chi connectivity index (χ1v) is 7.20. The maximum Gasteiger partial charge on any atom is 0.0477 e. The molecule has 1 aliphatic heterocycles. The quantitative estimate of drug-likeness (QED) is 0.871. The monoisotopic (exact) mass is 238 g/mol. The van der Waals surface area contributed by atoms with Crippen LogP contribution in [-0.4, -0.2) is 25.2 Å². The Bertz CT molecular complexity index is 310. The van der Waals surface area contributed by atoms with Gasteiger partial charge in [0.2, 0.25) is 0 Å². The summed E-state index contributed by atoms with van der Waals surface area (Å²) >= 11 is 1.79. The van der Waals surface area contributed by atoms with Gasteiger partial charge in [-0.2, -0.15) is 11.3 Å². The number of anilines is 1. The van der Waals surface area contributed by atoms with Crippen molar-refractivity contribution in [2.75, 3.05) is 18.0 Å². The summed E-state index contributed by atoms with van der Waals surface area (Å²) in [5, 5.41) is 8.04. The molecule has 1 saturated heterocycles. The molecule has 0 amide bonds. The molecule has 2 rings (SSSR count). The van der Waals surface area contributed by atoms with Crippen LogP contribution in [-0.2, 0) is 0 Å². The summed E-state index contributed by atoms with van der Waals surface area (Å²) in [6, 6.07) is 3.56. The molecule has 3 unspecified atom stereocenters. The van der Waals surface area contributed by atoms with Gasteiger partial charge in [-0.05, 0) is 37.3 Å². The van der Waals surface area contributed by atoms with Crippen molar-refractivity contribution in [3.8, 4) is 0 Å². The minimum Gasteiger partial charge on any atom is -0.368 e. The number of nitrogens with zero attached hydrogens (tertiary/aromatic N) is 1. The van der Waals surface area contributed by atoms with Gasteiger partial charge in [-0.1, -0.05) is 13.8 Å². The predicted molar refractivity (Wildman–Crippen MR) is 72.4 cm³/mol. The SMILES string of the molecule is CCNC1CCN(c2ccsc2)C(C)C1C. The number of hydrogen-bond donors (Lipinski definition) is 1. The van der Waals surface area contributed by atoms with Crippen LogP contribution in [0.15, 0.2) is 16.8 Å². The third kappa shape index (κ3) is 2.25. The van der Waals surface area contributed by atoms with Gasteiger partial charge in [-0.3, -0.25) is 0 Å². The molecule has 1 aliphatic rings. The molecule has 0 bridgehead atoms. The Hall–Kier alpha value is -0.540. The van der Waals surface area contributed by atoms with Gasteiger partial charge >= 0.3 is 0 Å². The van der Waals surface area contributed by atoms with Gasteiger partial charge in [0.15, 0.2) is 0 Å². The lowest BCUT2D eigenvalue weighted by Gasteiger charge is -2.44. The van der Waals surface area contributed by atoms with Crippen LogP contribution < -0.4 is 10.2 Å². The van der Waals surface area contributed by atoms with Gasteiger partial charge < -0.3 is 10.2 Å². The fourth-order valence-corrected chi connectivity index (χ4v) is 3.35. The van der Waals surface area contributed by atoms with Crippen LogP contribution in [0.5, 0.6) is 0 Å². The number of rotatable bonds is 3. The smallest absolute Gasteiger partial charge is 0.0477 e. The zero-order valence-corrected chi connectivity index (χ0v) is 11.3. The van der Waals surface area contributed by atoms with E-state index in [0.717, 1.165) is 6.54 Å². The third-order valence-corrected chi connectivity index (χ3v) is 4.54. The molecular formula is C13H22N2S. The van der Waals surface area contributed by atoms with E-state index in [1.807, 2.05) is 0 Å². The minimum absolute atomic E-state index is 0.632. The van der Waals surface area contributed by atoms with Crippen molar-refractivity contribution in [3.63, 3.8) is 0 Å². The Morgan fingerprint density at radius 1 is 1.50 bits per heavy atom. The Morgan fingerprint density at radius 2 is 2.31 bits per heavy atom. The summed E-state index contributed by atoms with van der Waals surface area (Å²) in [6.45, 7) is 9.19. The topological polar surface area (TPSA) is 15.3 Å². The van der Waals surface area contributed by atoms with Crippen LogP contribution in [0.4, 0.5) is 5.69 Å². The van der Waals surface area contributed by atoms with Crippen molar-refractivity contribution >= 4 is 17.0 Å². The van der Waals surface area contributed by atoms with Gasteiger partial charge in [-0.15, -0.1) is 0 Å². The van der Waals surface area contributed by atoms with E-state index < -0.39 is 0 Å².